The van der Waals surface area contributed by atoms with E-state index in [1.807, 2.05) is 0 Å². The van der Waals surface area contributed by atoms with Crippen molar-refractivity contribution in [1.29, 1.82) is 0 Å². The molecule has 4 N–H and O–H groups in total. The highest BCUT2D eigenvalue weighted by Gasteiger charge is 2.44. The van der Waals surface area contributed by atoms with Crippen molar-refractivity contribution >= 4 is 23.0 Å². The van der Waals surface area contributed by atoms with Gasteiger partial charge in [0.2, 0.25) is 0 Å². The smallest absolute Gasteiger partial charge is 0.334 e. The first-order chi connectivity index (χ1) is 12.1. The van der Waals surface area contributed by atoms with E-state index in [1.54, 1.807) is 0 Å². The maximum atomic E-state index is 11.0. The zero-order valence-corrected chi connectivity index (χ0v) is 13.1. The topological polar surface area (TPSA) is 161 Å². The number of esters is 1. The number of fused-ring (bicyclic) bond motifs is 1. The fourth-order valence-electron chi connectivity index (χ4n) is 2.44. The van der Waals surface area contributed by atoms with Gasteiger partial charge in [-0.1, -0.05) is 0 Å². The van der Waals surface area contributed by atoms with Gasteiger partial charge in [0, 0.05) is 0 Å². The molecule has 0 saturated carbocycles. The molecule has 3 heterocycles. The molecule has 136 valence electrons. The Morgan fingerprint density at radius 1 is 1.36 bits per heavy atom. The number of hydrogen-bond donors (Lipinski definition) is 4. The molecule has 4 atom stereocenters. The lowest BCUT2D eigenvalue weighted by atomic mass is 10.1. The predicted octanol–water partition coefficient (Wildman–Crippen LogP) is -2.05. The van der Waals surface area contributed by atoms with Gasteiger partial charge < -0.3 is 24.8 Å². The Hall–Kier alpha value is -2.38. The highest BCUT2D eigenvalue weighted by molar-refractivity contribution is 5.82. The number of ether oxygens (including phenoxy) is 2. The monoisotopic (exact) mass is 355 g/mol. The summed E-state index contributed by atoms with van der Waals surface area (Å²) in [4.78, 5) is 28.2. The highest BCUT2D eigenvalue weighted by Crippen LogP contribution is 2.31. The van der Waals surface area contributed by atoms with E-state index in [0.717, 1.165) is 0 Å². The number of aromatic nitrogens is 4. The third-order valence-electron chi connectivity index (χ3n) is 3.74. The molecule has 12 nitrogen and oxygen atoms in total. The number of rotatable bonds is 6. The van der Waals surface area contributed by atoms with E-state index in [4.69, 9.17) is 9.57 Å². The first kappa shape index (κ1) is 17.4. The Morgan fingerprint density at radius 3 is 2.84 bits per heavy atom. The second-order valence-electron chi connectivity index (χ2n) is 5.24. The summed E-state index contributed by atoms with van der Waals surface area (Å²) in [5, 5.41) is 29.2. The van der Waals surface area contributed by atoms with E-state index < -0.39 is 37.1 Å². The molecule has 0 amide bonds. The van der Waals surface area contributed by atoms with Crippen LogP contribution in [0.15, 0.2) is 12.7 Å². The van der Waals surface area contributed by atoms with Crippen LogP contribution in [0.5, 0.6) is 0 Å². The Balaban J connectivity index is 1.83. The van der Waals surface area contributed by atoms with Crippen LogP contribution in [-0.2, 0) is 19.1 Å². The molecule has 25 heavy (non-hydrogen) atoms. The fraction of sp³-hybridized carbons (Fsp3) is 0.538. The van der Waals surface area contributed by atoms with E-state index in [2.05, 4.69) is 25.2 Å². The number of nitrogens with zero attached hydrogens (tertiary/aromatic N) is 4. The molecule has 2 aromatic heterocycles. The van der Waals surface area contributed by atoms with Gasteiger partial charge in [0.15, 0.2) is 29.8 Å². The summed E-state index contributed by atoms with van der Waals surface area (Å²) in [5.74, 6) is -0.380. The third kappa shape index (κ3) is 3.25. The summed E-state index contributed by atoms with van der Waals surface area (Å²) in [6, 6.07) is 0. The Kier molecular flexibility index (Phi) is 5.06. The average Bonchev–Trinajstić information content (AvgIpc) is 3.17. The van der Waals surface area contributed by atoms with Crippen LogP contribution in [0.3, 0.4) is 0 Å². The molecule has 2 unspecified atom stereocenters. The molecule has 1 fully saturated rings. The molecule has 12 heteroatoms. The Bertz CT molecular complexity index is 753. The van der Waals surface area contributed by atoms with Gasteiger partial charge in [-0.15, -0.1) is 0 Å². The maximum absolute atomic E-state index is 11.0. The first-order valence-electron chi connectivity index (χ1n) is 7.31. The molecule has 1 aliphatic rings. The lowest BCUT2D eigenvalue weighted by Crippen LogP contribution is -2.33. The lowest BCUT2D eigenvalue weighted by Gasteiger charge is -2.16. The summed E-state index contributed by atoms with van der Waals surface area (Å²) in [6.07, 6.45) is -1.82. The molecule has 0 aromatic carbocycles. The van der Waals surface area contributed by atoms with E-state index in [0.29, 0.717) is 11.2 Å². The average molecular weight is 355 g/mol. The van der Waals surface area contributed by atoms with Crippen molar-refractivity contribution in [3.05, 3.63) is 12.7 Å². The van der Waals surface area contributed by atoms with Gasteiger partial charge in [0.05, 0.1) is 20.0 Å². The number of carbonyl (C=O) groups excluding carboxylic acids is 1. The minimum atomic E-state index is -1.27. The van der Waals surface area contributed by atoms with Crippen molar-refractivity contribution in [1.82, 2.24) is 19.5 Å². The summed E-state index contributed by atoms with van der Waals surface area (Å²) < 4.78 is 11.3. The quantitative estimate of drug-likeness (QED) is 0.333. The van der Waals surface area contributed by atoms with Crippen LogP contribution in [0, 0.1) is 0 Å². The van der Waals surface area contributed by atoms with Crippen LogP contribution in [-0.4, -0.2) is 79.4 Å². The minimum absolute atomic E-state index is 0.194. The normalized spacial score (nSPS) is 26.1. The lowest BCUT2D eigenvalue weighted by molar-refractivity contribution is -0.144. The van der Waals surface area contributed by atoms with Crippen LogP contribution in [0.2, 0.25) is 0 Å². The second-order valence-corrected chi connectivity index (χ2v) is 5.24. The zero-order chi connectivity index (χ0) is 18.0. The number of nitrogens with one attached hydrogen (secondary N) is 1. The molecule has 1 saturated heterocycles. The molecule has 3 rings (SSSR count). The number of imidazole rings is 1. The molecular formula is C13H17N5O7. The van der Waals surface area contributed by atoms with Gasteiger partial charge in [-0.05, 0) is 0 Å². The molecule has 0 radical (unpaired) electrons. The Labute approximate surface area is 140 Å². The third-order valence-corrected chi connectivity index (χ3v) is 3.74. The summed E-state index contributed by atoms with van der Waals surface area (Å²) in [5.41, 5.74) is 3.07. The number of anilines is 1. The van der Waals surface area contributed by atoms with Crippen LogP contribution < -0.4 is 5.48 Å². The van der Waals surface area contributed by atoms with Crippen molar-refractivity contribution in [2.24, 2.45) is 0 Å². The number of aliphatic hydroxyl groups is 3. The highest BCUT2D eigenvalue weighted by atomic mass is 16.7. The van der Waals surface area contributed by atoms with Crippen molar-refractivity contribution < 1.29 is 34.4 Å². The number of methoxy groups -OCH3 is 1. The molecule has 2 aromatic rings. The van der Waals surface area contributed by atoms with Crippen molar-refractivity contribution in [3.63, 3.8) is 0 Å². The minimum Gasteiger partial charge on any atom is -0.467 e. The predicted molar refractivity (Wildman–Crippen MR) is 79.9 cm³/mol. The number of carbonyl (C=O) groups is 1. The molecule has 1 aliphatic heterocycles. The van der Waals surface area contributed by atoms with Crippen LogP contribution >= 0.6 is 0 Å². The fourth-order valence-corrected chi connectivity index (χ4v) is 2.44. The molecule has 0 aliphatic carbocycles. The molecular weight excluding hydrogens is 338 g/mol. The summed E-state index contributed by atoms with van der Waals surface area (Å²) in [6.45, 7) is -0.776. The van der Waals surface area contributed by atoms with Gasteiger partial charge in [-0.3, -0.25) is 9.40 Å². The number of aliphatic hydroxyl groups excluding tert-OH is 3. The van der Waals surface area contributed by atoms with Crippen LogP contribution in [0.1, 0.15) is 6.23 Å². The standard InChI is InChI=1S/C13H17N5O7/c1-23-7(20)3-24-17-11-8-12(15-4-14-11)18(5-16-8)13-10(22)9(21)6(2-19)25-13/h4-6,9-10,13,19,21-22H,2-3H2,1H3,(H,14,15,17)/t6-,9?,10?,13-/m1/s1. The number of hydrogen-bond acceptors (Lipinski definition) is 11. The molecule has 0 spiro atoms. The van der Waals surface area contributed by atoms with E-state index in [1.165, 1.54) is 24.3 Å². The summed E-state index contributed by atoms with van der Waals surface area (Å²) >= 11 is 0. The van der Waals surface area contributed by atoms with Gasteiger partial charge in [-0.2, -0.15) is 0 Å². The SMILES string of the molecule is COC(=O)CONc1ncnc2c1ncn2[C@@H]1O[C@H](CO)C(O)C1O. The van der Waals surface area contributed by atoms with Crippen molar-refractivity contribution in [3.8, 4) is 0 Å². The van der Waals surface area contributed by atoms with Gasteiger partial charge in [0.1, 0.15) is 24.6 Å². The van der Waals surface area contributed by atoms with Crippen LogP contribution in [0.4, 0.5) is 5.82 Å². The van der Waals surface area contributed by atoms with E-state index in [-0.39, 0.29) is 12.4 Å². The van der Waals surface area contributed by atoms with Crippen molar-refractivity contribution in [2.75, 3.05) is 25.8 Å². The largest absolute Gasteiger partial charge is 0.467 e. The zero-order valence-electron chi connectivity index (χ0n) is 13.1. The summed E-state index contributed by atoms with van der Waals surface area (Å²) in [7, 11) is 1.23. The van der Waals surface area contributed by atoms with Gasteiger partial charge in [0.25, 0.3) is 0 Å². The van der Waals surface area contributed by atoms with Gasteiger partial charge in [-0.25, -0.2) is 25.2 Å². The second kappa shape index (κ2) is 7.25. The molecule has 0 bridgehead atoms. The Morgan fingerprint density at radius 2 is 2.16 bits per heavy atom. The van der Waals surface area contributed by atoms with E-state index >= 15 is 0 Å². The van der Waals surface area contributed by atoms with Crippen LogP contribution in [0.25, 0.3) is 11.2 Å². The first-order valence-corrected chi connectivity index (χ1v) is 7.31. The van der Waals surface area contributed by atoms with Gasteiger partial charge >= 0.3 is 5.97 Å². The van der Waals surface area contributed by atoms with Crippen molar-refractivity contribution in [2.45, 2.75) is 24.5 Å². The van der Waals surface area contributed by atoms with E-state index in [9.17, 15) is 20.1 Å². The maximum Gasteiger partial charge on any atom is 0.334 e.